The highest BCUT2D eigenvalue weighted by molar-refractivity contribution is 6.01. The van der Waals surface area contributed by atoms with Crippen molar-refractivity contribution in [2.75, 3.05) is 25.5 Å². The molecule has 7 heteroatoms. The third-order valence-corrected chi connectivity index (χ3v) is 3.51. The number of amides is 2. The van der Waals surface area contributed by atoms with Crippen LogP contribution < -0.4 is 4.90 Å². The fraction of sp³-hybridized carbons (Fsp3) is 0.375. The molecule has 0 atom stereocenters. The summed E-state index contributed by atoms with van der Waals surface area (Å²) in [6, 6.07) is 3.51. The largest absolute Gasteiger partial charge is 0.361 e. The van der Waals surface area contributed by atoms with Gasteiger partial charge in [-0.3, -0.25) is 14.6 Å². The maximum atomic E-state index is 12.6. The summed E-state index contributed by atoms with van der Waals surface area (Å²) in [7, 11) is 3.33. The minimum absolute atomic E-state index is 0.148. The smallest absolute Gasteiger partial charge is 0.255 e. The number of carbonyl (C=O) groups is 2. The Morgan fingerprint density at radius 2 is 2.17 bits per heavy atom. The van der Waals surface area contributed by atoms with Gasteiger partial charge < -0.3 is 14.3 Å². The van der Waals surface area contributed by atoms with Crippen LogP contribution in [-0.4, -0.2) is 48.0 Å². The average molecular weight is 316 g/mol. The molecule has 0 spiro atoms. The molecule has 0 fully saturated rings. The Labute approximate surface area is 134 Å². The first-order valence-corrected chi connectivity index (χ1v) is 7.32. The molecule has 2 aromatic heterocycles. The molecule has 0 saturated carbocycles. The van der Waals surface area contributed by atoms with Crippen molar-refractivity contribution in [3.05, 3.63) is 41.5 Å². The molecule has 0 N–H and O–H groups in total. The van der Waals surface area contributed by atoms with Crippen LogP contribution in [0, 0.1) is 6.92 Å². The summed E-state index contributed by atoms with van der Waals surface area (Å²) < 4.78 is 5.15. The number of nitrogens with zero attached hydrogens (tertiary/aromatic N) is 4. The Balaban J connectivity index is 1.98. The van der Waals surface area contributed by atoms with Crippen LogP contribution in [0.25, 0.3) is 0 Å². The van der Waals surface area contributed by atoms with Gasteiger partial charge in [0.05, 0.1) is 23.1 Å². The second kappa shape index (κ2) is 7.53. The molecule has 0 saturated heterocycles. The molecule has 7 nitrogen and oxygen atoms in total. The van der Waals surface area contributed by atoms with E-state index < -0.39 is 0 Å². The highest BCUT2D eigenvalue weighted by atomic mass is 16.5. The van der Waals surface area contributed by atoms with Crippen molar-refractivity contribution in [1.29, 1.82) is 0 Å². The minimum atomic E-state index is -0.148. The van der Waals surface area contributed by atoms with Crippen LogP contribution in [0.5, 0.6) is 0 Å². The quantitative estimate of drug-likeness (QED) is 0.726. The highest BCUT2D eigenvalue weighted by Gasteiger charge is 2.17. The van der Waals surface area contributed by atoms with Crippen LogP contribution in [0.15, 0.2) is 29.0 Å². The van der Waals surface area contributed by atoms with Gasteiger partial charge in [0.15, 0.2) is 0 Å². The van der Waals surface area contributed by atoms with E-state index in [1.807, 2.05) is 13.0 Å². The molecule has 0 radical (unpaired) electrons. The van der Waals surface area contributed by atoms with Gasteiger partial charge in [-0.15, -0.1) is 0 Å². The van der Waals surface area contributed by atoms with Gasteiger partial charge in [0.1, 0.15) is 5.76 Å². The van der Waals surface area contributed by atoms with E-state index in [0.29, 0.717) is 24.2 Å². The predicted molar refractivity (Wildman–Crippen MR) is 85.2 cm³/mol. The van der Waals surface area contributed by atoms with Crippen LogP contribution >= 0.6 is 0 Å². The molecule has 2 rings (SSSR count). The minimum Gasteiger partial charge on any atom is -0.361 e. The van der Waals surface area contributed by atoms with Crippen molar-refractivity contribution >= 4 is 18.0 Å². The van der Waals surface area contributed by atoms with E-state index in [0.717, 1.165) is 24.3 Å². The summed E-state index contributed by atoms with van der Waals surface area (Å²) in [5.41, 5.74) is 1.79. The van der Waals surface area contributed by atoms with Gasteiger partial charge in [-0.25, -0.2) is 0 Å². The van der Waals surface area contributed by atoms with Crippen molar-refractivity contribution in [1.82, 2.24) is 15.0 Å². The van der Waals surface area contributed by atoms with Crippen molar-refractivity contribution in [3.8, 4) is 0 Å². The molecular weight excluding hydrogens is 296 g/mol. The SMILES string of the molecule is Cc1cc(CCCN(C)C(=O)c2ccncc2N(C)C=O)on1. The third-order valence-electron chi connectivity index (χ3n) is 3.51. The molecular formula is C16H20N4O3. The normalized spacial score (nSPS) is 10.4. The summed E-state index contributed by atoms with van der Waals surface area (Å²) in [5.74, 6) is 0.665. The van der Waals surface area contributed by atoms with Crippen molar-refractivity contribution in [2.24, 2.45) is 0 Å². The molecule has 122 valence electrons. The fourth-order valence-corrected chi connectivity index (χ4v) is 2.24. The third kappa shape index (κ3) is 4.15. The number of hydrogen-bond donors (Lipinski definition) is 0. The van der Waals surface area contributed by atoms with Crippen molar-refractivity contribution < 1.29 is 14.1 Å². The van der Waals surface area contributed by atoms with E-state index in [9.17, 15) is 9.59 Å². The van der Waals surface area contributed by atoms with Crippen LogP contribution in [0.2, 0.25) is 0 Å². The molecule has 0 bridgehead atoms. The lowest BCUT2D eigenvalue weighted by atomic mass is 10.1. The van der Waals surface area contributed by atoms with E-state index in [4.69, 9.17) is 4.52 Å². The number of anilines is 1. The van der Waals surface area contributed by atoms with E-state index in [1.165, 1.54) is 11.1 Å². The summed E-state index contributed by atoms with van der Waals surface area (Å²) >= 11 is 0. The first kappa shape index (κ1) is 16.7. The second-order valence-electron chi connectivity index (χ2n) is 5.37. The maximum Gasteiger partial charge on any atom is 0.255 e. The average Bonchev–Trinajstić information content (AvgIpc) is 2.98. The lowest BCUT2D eigenvalue weighted by Crippen LogP contribution is -2.30. The Hall–Kier alpha value is -2.70. The van der Waals surface area contributed by atoms with Gasteiger partial charge in [-0.05, 0) is 19.4 Å². The van der Waals surface area contributed by atoms with E-state index in [1.54, 1.807) is 31.3 Å². The number of rotatable bonds is 7. The summed E-state index contributed by atoms with van der Waals surface area (Å²) in [6.07, 6.45) is 5.18. The molecule has 2 heterocycles. The zero-order valence-electron chi connectivity index (χ0n) is 13.5. The zero-order chi connectivity index (χ0) is 16.8. The number of carbonyl (C=O) groups excluding carboxylic acids is 2. The standard InChI is InChI=1S/C16H20N4O3/c1-12-9-13(23-18-12)5-4-8-19(2)16(22)14-6-7-17-10-15(14)20(3)11-21/h6-7,9-11H,4-5,8H2,1-3H3. The van der Waals surface area contributed by atoms with Crippen LogP contribution in [0.4, 0.5) is 5.69 Å². The topological polar surface area (TPSA) is 79.5 Å². The summed E-state index contributed by atoms with van der Waals surface area (Å²) in [6.45, 7) is 2.45. The van der Waals surface area contributed by atoms with E-state index >= 15 is 0 Å². The lowest BCUT2D eigenvalue weighted by molar-refractivity contribution is -0.107. The van der Waals surface area contributed by atoms with Gasteiger partial charge in [-0.2, -0.15) is 0 Å². The number of hydrogen-bond acceptors (Lipinski definition) is 5. The van der Waals surface area contributed by atoms with Crippen molar-refractivity contribution in [3.63, 3.8) is 0 Å². The van der Waals surface area contributed by atoms with Gasteiger partial charge >= 0.3 is 0 Å². The summed E-state index contributed by atoms with van der Waals surface area (Å²) in [4.78, 5) is 30.4. The predicted octanol–water partition coefficient (Wildman–Crippen LogP) is 1.68. The molecule has 0 aliphatic carbocycles. The van der Waals surface area contributed by atoms with Gasteiger partial charge in [0.25, 0.3) is 5.91 Å². The fourth-order valence-electron chi connectivity index (χ4n) is 2.24. The van der Waals surface area contributed by atoms with E-state index in [-0.39, 0.29) is 5.91 Å². The molecule has 2 aromatic rings. The Bertz CT molecular complexity index is 683. The number of pyridine rings is 1. The van der Waals surface area contributed by atoms with Crippen LogP contribution in [0.1, 0.15) is 28.2 Å². The molecule has 2 amide bonds. The molecule has 0 aliphatic heterocycles. The number of aromatic nitrogens is 2. The van der Waals surface area contributed by atoms with Crippen molar-refractivity contribution in [2.45, 2.75) is 19.8 Å². The van der Waals surface area contributed by atoms with Crippen LogP contribution in [-0.2, 0) is 11.2 Å². The van der Waals surface area contributed by atoms with E-state index in [2.05, 4.69) is 10.1 Å². The highest BCUT2D eigenvalue weighted by Crippen LogP contribution is 2.18. The molecule has 0 aliphatic rings. The lowest BCUT2D eigenvalue weighted by Gasteiger charge is -2.20. The Morgan fingerprint density at radius 3 is 2.83 bits per heavy atom. The Kier molecular flexibility index (Phi) is 5.46. The maximum absolute atomic E-state index is 12.6. The van der Waals surface area contributed by atoms with Gasteiger partial charge in [0.2, 0.25) is 6.41 Å². The molecule has 23 heavy (non-hydrogen) atoms. The summed E-state index contributed by atoms with van der Waals surface area (Å²) in [5, 5.41) is 3.84. The first-order valence-electron chi connectivity index (χ1n) is 7.32. The molecule has 0 unspecified atom stereocenters. The van der Waals surface area contributed by atoms with Gasteiger partial charge in [-0.1, -0.05) is 5.16 Å². The van der Waals surface area contributed by atoms with Gasteiger partial charge in [0, 0.05) is 39.3 Å². The first-order chi connectivity index (χ1) is 11.0. The number of aryl methyl sites for hydroxylation is 2. The van der Waals surface area contributed by atoms with Crippen LogP contribution in [0.3, 0.4) is 0 Å². The Morgan fingerprint density at radius 1 is 1.39 bits per heavy atom. The second-order valence-corrected chi connectivity index (χ2v) is 5.37. The monoisotopic (exact) mass is 316 g/mol. The molecule has 0 aromatic carbocycles. The zero-order valence-corrected chi connectivity index (χ0v) is 13.5.